The molecule has 18 heavy (non-hydrogen) atoms. The maximum atomic E-state index is 8.93. The van der Waals surface area contributed by atoms with E-state index in [9.17, 15) is 0 Å². The van der Waals surface area contributed by atoms with Gasteiger partial charge in [-0.25, -0.2) is 4.98 Å². The molecule has 3 aromatic rings. The maximum Gasteiger partial charge on any atom is 0.126 e. The van der Waals surface area contributed by atoms with E-state index in [-0.39, 0.29) is 0 Å². The number of para-hydroxylation sites is 1. The Kier molecular flexibility index (Phi) is 2.47. The van der Waals surface area contributed by atoms with Crippen molar-refractivity contribution in [2.75, 3.05) is 5.73 Å². The summed E-state index contributed by atoms with van der Waals surface area (Å²) < 4.78 is 1.12. The number of anilines is 1. The lowest BCUT2D eigenvalue weighted by Crippen LogP contribution is -1.90. The fourth-order valence-electron chi connectivity index (χ4n) is 1.80. The summed E-state index contributed by atoms with van der Waals surface area (Å²) in [4.78, 5) is 4.55. The number of nitrogens with zero attached hydrogens (tertiary/aromatic N) is 2. The molecule has 3 rings (SSSR count). The Labute approximate surface area is 108 Å². The fraction of sp³-hybridized carbons (Fsp3) is 0. The Bertz CT molecular complexity index is 735. The second-order valence-electron chi connectivity index (χ2n) is 3.90. The Morgan fingerprint density at radius 1 is 1.17 bits per heavy atom. The van der Waals surface area contributed by atoms with Crippen molar-refractivity contribution in [3.8, 4) is 16.6 Å². The highest BCUT2D eigenvalue weighted by Gasteiger charge is 2.09. The quantitative estimate of drug-likeness (QED) is 0.674. The molecule has 2 N–H and O–H groups in total. The number of nitrogen functional groups attached to an aromatic ring is 1. The van der Waals surface area contributed by atoms with Crippen LogP contribution >= 0.6 is 11.3 Å². The lowest BCUT2D eigenvalue weighted by Gasteiger charge is -2.01. The van der Waals surface area contributed by atoms with Crippen molar-refractivity contribution in [1.29, 1.82) is 5.26 Å². The van der Waals surface area contributed by atoms with E-state index in [0.29, 0.717) is 11.3 Å². The van der Waals surface area contributed by atoms with Crippen LogP contribution < -0.4 is 5.73 Å². The standard InChI is InChI=1S/C14H9N3S/c15-8-9-5-6-11(16)10(7-9)14-17-12-3-1-2-4-13(12)18-14/h1-7H,16H2. The van der Waals surface area contributed by atoms with Crippen LogP contribution in [0.3, 0.4) is 0 Å². The zero-order valence-corrected chi connectivity index (χ0v) is 10.2. The van der Waals surface area contributed by atoms with Crippen molar-refractivity contribution < 1.29 is 0 Å². The fourth-order valence-corrected chi connectivity index (χ4v) is 2.80. The first-order chi connectivity index (χ1) is 8.78. The molecule has 0 radical (unpaired) electrons. The average Bonchev–Trinajstić information content (AvgIpc) is 2.82. The van der Waals surface area contributed by atoms with Crippen molar-refractivity contribution in [3.05, 3.63) is 48.0 Å². The molecular formula is C14H9N3S. The molecule has 3 nitrogen and oxygen atoms in total. The van der Waals surface area contributed by atoms with E-state index in [1.54, 1.807) is 29.5 Å². The number of rotatable bonds is 1. The molecule has 0 spiro atoms. The Morgan fingerprint density at radius 2 is 2.00 bits per heavy atom. The van der Waals surface area contributed by atoms with Crippen LogP contribution in [0.25, 0.3) is 20.8 Å². The monoisotopic (exact) mass is 251 g/mol. The van der Waals surface area contributed by atoms with Crippen molar-refractivity contribution >= 4 is 27.2 Å². The van der Waals surface area contributed by atoms with Gasteiger partial charge in [-0.2, -0.15) is 5.26 Å². The molecule has 0 saturated heterocycles. The molecule has 1 heterocycles. The summed E-state index contributed by atoms with van der Waals surface area (Å²) in [5.41, 5.74) is 8.98. The molecule has 0 saturated carbocycles. The van der Waals surface area contributed by atoms with Crippen LogP contribution in [0.2, 0.25) is 0 Å². The van der Waals surface area contributed by atoms with Crippen LogP contribution in [-0.2, 0) is 0 Å². The molecule has 0 fully saturated rings. The zero-order chi connectivity index (χ0) is 12.5. The highest BCUT2D eigenvalue weighted by molar-refractivity contribution is 7.21. The first-order valence-corrected chi connectivity index (χ1v) is 6.25. The molecule has 0 bridgehead atoms. The number of benzene rings is 2. The van der Waals surface area contributed by atoms with Crippen LogP contribution in [-0.4, -0.2) is 4.98 Å². The Morgan fingerprint density at radius 3 is 2.78 bits per heavy atom. The highest BCUT2D eigenvalue weighted by Crippen LogP contribution is 2.33. The Hall–Kier alpha value is -2.38. The summed E-state index contributed by atoms with van der Waals surface area (Å²) in [5.74, 6) is 0. The normalized spacial score (nSPS) is 10.4. The molecule has 1 aromatic heterocycles. The number of nitrogens with two attached hydrogens (primary N) is 1. The van der Waals surface area contributed by atoms with Crippen molar-refractivity contribution in [2.45, 2.75) is 0 Å². The summed E-state index contributed by atoms with van der Waals surface area (Å²) in [6.07, 6.45) is 0. The van der Waals surface area contributed by atoms with Gasteiger partial charge in [-0.15, -0.1) is 11.3 Å². The lowest BCUT2D eigenvalue weighted by molar-refractivity contribution is 1.45. The molecule has 0 unspecified atom stereocenters. The summed E-state index contributed by atoms with van der Waals surface area (Å²) in [6.45, 7) is 0. The van der Waals surface area contributed by atoms with Crippen LogP contribution in [0.4, 0.5) is 5.69 Å². The van der Waals surface area contributed by atoms with Gasteiger partial charge in [-0.1, -0.05) is 12.1 Å². The molecular weight excluding hydrogens is 242 g/mol. The minimum atomic E-state index is 0.596. The molecule has 0 aliphatic carbocycles. The van der Waals surface area contributed by atoms with Crippen molar-refractivity contribution in [1.82, 2.24) is 4.98 Å². The van der Waals surface area contributed by atoms with E-state index < -0.39 is 0 Å². The van der Waals surface area contributed by atoms with Gasteiger partial charge in [-0.3, -0.25) is 0 Å². The minimum absolute atomic E-state index is 0.596. The number of hydrogen-bond donors (Lipinski definition) is 1. The van der Waals surface area contributed by atoms with Gasteiger partial charge >= 0.3 is 0 Å². The second-order valence-corrected chi connectivity index (χ2v) is 4.93. The summed E-state index contributed by atoms with van der Waals surface area (Å²) in [6, 6.07) is 15.3. The SMILES string of the molecule is N#Cc1ccc(N)c(-c2nc3ccccc3s2)c1. The predicted molar refractivity (Wildman–Crippen MR) is 74.2 cm³/mol. The number of nitriles is 1. The third kappa shape index (κ3) is 1.71. The van der Waals surface area contributed by atoms with E-state index in [0.717, 1.165) is 20.8 Å². The summed E-state index contributed by atoms with van der Waals surface area (Å²) in [5, 5.41) is 9.78. The van der Waals surface area contributed by atoms with Crippen molar-refractivity contribution in [2.24, 2.45) is 0 Å². The molecule has 2 aromatic carbocycles. The lowest BCUT2D eigenvalue weighted by atomic mass is 10.1. The number of aromatic nitrogens is 1. The van der Waals surface area contributed by atoms with Crippen LogP contribution in [0.5, 0.6) is 0 Å². The van der Waals surface area contributed by atoms with Gasteiger partial charge in [0.2, 0.25) is 0 Å². The minimum Gasteiger partial charge on any atom is -0.398 e. The molecule has 0 amide bonds. The van der Waals surface area contributed by atoms with Gasteiger partial charge in [-0.05, 0) is 30.3 Å². The highest BCUT2D eigenvalue weighted by atomic mass is 32.1. The van der Waals surface area contributed by atoms with E-state index in [1.807, 2.05) is 24.3 Å². The van der Waals surface area contributed by atoms with Gasteiger partial charge in [0.1, 0.15) is 5.01 Å². The van der Waals surface area contributed by atoms with E-state index in [4.69, 9.17) is 11.0 Å². The topological polar surface area (TPSA) is 62.7 Å². The van der Waals surface area contributed by atoms with Gasteiger partial charge in [0, 0.05) is 11.3 Å². The molecule has 0 aliphatic heterocycles. The molecule has 86 valence electrons. The molecule has 4 heteroatoms. The van der Waals surface area contributed by atoms with E-state index in [1.165, 1.54) is 0 Å². The average molecular weight is 251 g/mol. The number of thiazole rings is 1. The van der Waals surface area contributed by atoms with Crippen molar-refractivity contribution in [3.63, 3.8) is 0 Å². The van der Waals surface area contributed by atoms with Crippen LogP contribution in [0.1, 0.15) is 5.56 Å². The molecule has 0 atom stereocenters. The maximum absolute atomic E-state index is 8.93. The molecule has 0 aliphatic rings. The summed E-state index contributed by atoms with van der Waals surface area (Å²) >= 11 is 1.58. The van der Waals surface area contributed by atoms with E-state index >= 15 is 0 Å². The first kappa shape index (κ1) is 10.8. The number of hydrogen-bond acceptors (Lipinski definition) is 4. The van der Waals surface area contributed by atoms with Gasteiger partial charge in [0.25, 0.3) is 0 Å². The number of fused-ring (bicyclic) bond motifs is 1. The third-order valence-electron chi connectivity index (χ3n) is 2.71. The van der Waals surface area contributed by atoms with Crippen LogP contribution in [0.15, 0.2) is 42.5 Å². The first-order valence-electron chi connectivity index (χ1n) is 5.43. The van der Waals surface area contributed by atoms with Gasteiger partial charge < -0.3 is 5.73 Å². The second kappa shape index (κ2) is 4.13. The Balaban J connectivity index is 2.22. The smallest absolute Gasteiger partial charge is 0.126 e. The summed E-state index contributed by atoms with van der Waals surface area (Å²) in [7, 11) is 0. The van der Waals surface area contributed by atoms with Gasteiger partial charge in [0.15, 0.2) is 0 Å². The van der Waals surface area contributed by atoms with Crippen LogP contribution in [0, 0.1) is 11.3 Å². The third-order valence-corrected chi connectivity index (χ3v) is 3.78. The van der Waals surface area contributed by atoms with Gasteiger partial charge in [0.05, 0.1) is 21.8 Å². The predicted octanol–water partition coefficient (Wildman–Crippen LogP) is 3.42. The largest absolute Gasteiger partial charge is 0.398 e. The van der Waals surface area contributed by atoms with E-state index in [2.05, 4.69) is 11.1 Å². The zero-order valence-electron chi connectivity index (χ0n) is 9.42.